The predicted molar refractivity (Wildman–Crippen MR) is 69.9 cm³/mol. The van der Waals surface area contributed by atoms with Gasteiger partial charge in [0.25, 0.3) is 0 Å². The van der Waals surface area contributed by atoms with E-state index in [4.69, 9.17) is 10.5 Å². The van der Waals surface area contributed by atoms with Crippen molar-refractivity contribution in [2.24, 2.45) is 5.73 Å². The highest BCUT2D eigenvalue weighted by Gasteiger charge is 2.14. The van der Waals surface area contributed by atoms with E-state index in [0.717, 1.165) is 12.1 Å². The zero-order chi connectivity index (χ0) is 14.7. The maximum absolute atomic E-state index is 13.6. The molecular weight excluding hydrogens is 267 g/mol. The van der Waals surface area contributed by atoms with E-state index in [1.165, 1.54) is 25.3 Å². The summed E-state index contributed by atoms with van der Waals surface area (Å²) in [6, 6.07) is 6.98. The summed E-state index contributed by atoms with van der Waals surface area (Å²) in [7, 11) is 1.37. The molecule has 5 heteroatoms. The molecular formula is C15H14F3NO. The Morgan fingerprint density at radius 2 is 1.80 bits per heavy atom. The summed E-state index contributed by atoms with van der Waals surface area (Å²) in [5.41, 5.74) is 6.69. The van der Waals surface area contributed by atoms with Gasteiger partial charge in [0, 0.05) is 17.7 Å². The van der Waals surface area contributed by atoms with E-state index < -0.39 is 23.5 Å². The van der Waals surface area contributed by atoms with Crippen LogP contribution in [0.1, 0.15) is 17.2 Å². The lowest BCUT2D eigenvalue weighted by molar-refractivity contribution is 0.386. The summed E-state index contributed by atoms with van der Waals surface area (Å²) in [6.07, 6.45) is 0.240. The molecule has 0 saturated heterocycles. The van der Waals surface area contributed by atoms with E-state index >= 15 is 0 Å². The summed E-state index contributed by atoms with van der Waals surface area (Å²) in [4.78, 5) is 0. The van der Waals surface area contributed by atoms with Gasteiger partial charge in [0.15, 0.2) is 11.6 Å². The highest BCUT2D eigenvalue weighted by Crippen LogP contribution is 2.23. The topological polar surface area (TPSA) is 35.2 Å². The van der Waals surface area contributed by atoms with Crippen LogP contribution in [0, 0.1) is 17.5 Å². The van der Waals surface area contributed by atoms with Crippen molar-refractivity contribution < 1.29 is 17.9 Å². The third kappa shape index (κ3) is 3.11. The van der Waals surface area contributed by atoms with Gasteiger partial charge in [0.1, 0.15) is 11.6 Å². The number of methoxy groups -OCH3 is 1. The Morgan fingerprint density at radius 3 is 2.40 bits per heavy atom. The van der Waals surface area contributed by atoms with Gasteiger partial charge in [-0.1, -0.05) is 12.1 Å². The zero-order valence-electron chi connectivity index (χ0n) is 10.9. The number of benzene rings is 2. The quantitative estimate of drug-likeness (QED) is 0.932. The van der Waals surface area contributed by atoms with Gasteiger partial charge in [0.2, 0.25) is 0 Å². The summed E-state index contributed by atoms with van der Waals surface area (Å²) >= 11 is 0. The second-order valence-electron chi connectivity index (χ2n) is 4.45. The number of nitrogens with two attached hydrogens (primary N) is 1. The largest absolute Gasteiger partial charge is 0.494 e. The molecule has 20 heavy (non-hydrogen) atoms. The lowest BCUT2D eigenvalue weighted by atomic mass is 9.99. The standard InChI is InChI=1S/C15H14F3NO/c1-20-15-5-2-9(6-13(15)18)7-14(19)11-4-3-10(16)8-12(11)17/h2-6,8,14H,7,19H2,1H3. The highest BCUT2D eigenvalue weighted by molar-refractivity contribution is 5.31. The van der Waals surface area contributed by atoms with Gasteiger partial charge in [0.05, 0.1) is 7.11 Å². The maximum Gasteiger partial charge on any atom is 0.165 e. The summed E-state index contributed by atoms with van der Waals surface area (Å²) in [6.45, 7) is 0. The van der Waals surface area contributed by atoms with Crippen molar-refractivity contribution >= 4 is 0 Å². The maximum atomic E-state index is 13.6. The fourth-order valence-corrected chi connectivity index (χ4v) is 2.00. The Labute approximate surface area is 115 Å². The zero-order valence-corrected chi connectivity index (χ0v) is 10.9. The lowest BCUT2D eigenvalue weighted by Crippen LogP contribution is -2.15. The van der Waals surface area contributed by atoms with E-state index in [1.54, 1.807) is 6.07 Å². The first-order chi connectivity index (χ1) is 9.51. The third-order valence-corrected chi connectivity index (χ3v) is 3.03. The minimum atomic E-state index is -0.702. The number of hydrogen-bond acceptors (Lipinski definition) is 2. The van der Waals surface area contributed by atoms with Gasteiger partial charge in [-0.2, -0.15) is 0 Å². The van der Waals surface area contributed by atoms with Crippen LogP contribution in [-0.4, -0.2) is 7.11 Å². The Balaban J connectivity index is 2.18. The van der Waals surface area contributed by atoms with Crippen LogP contribution in [0.4, 0.5) is 13.2 Å². The normalized spacial score (nSPS) is 12.2. The van der Waals surface area contributed by atoms with E-state index in [-0.39, 0.29) is 17.7 Å². The molecule has 2 rings (SSSR count). The van der Waals surface area contributed by atoms with Gasteiger partial charge in [-0.15, -0.1) is 0 Å². The minimum absolute atomic E-state index is 0.135. The Hall–Kier alpha value is -2.01. The molecule has 1 atom stereocenters. The molecule has 106 valence electrons. The molecule has 0 aromatic heterocycles. The van der Waals surface area contributed by atoms with Crippen LogP contribution < -0.4 is 10.5 Å². The molecule has 0 spiro atoms. The Bertz CT molecular complexity index is 616. The van der Waals surface area contributed by atoms with Crippen molar-refractivity contribution in [3.8, 4) is 5.75 Å². The van der Waals surface area contributed by atoms with E-state index in [0.29, 0.717) is 5.56 Å². The Kier molecular flexibility index (Phi) is 4.29. The SMILES string of the molecule is COc1ccc(CC(N)c2ccc(F)cc2F)cc1F. The molecule has 0 radical (unpaired) electrons. The molecule has 2 N–H and O–H groups in total. The van der Waals surface area contributed by atoms with Gasteiger partial charge < -0.3 is 10.5 Å². The minimum Gasteiger partial charge on any atom is -0.494 e. The van der Waals surface area contributed by atoms with Crippen LogP contribution >= 0.6 is 0 Å². The number of halogens is 3. The van der Waals surface area contributed by atoms with Crippen LogP contribution in [0.5, 0.6) is 5.75 Å². The molecule has 2 aromatic rings. The summed E-state index contributed by atoms with van der Waals surface area (Å²) < 4.78 is 44.8. The van der Waals surface area contributed by atoms with Crippen molar-refractivity contribution in [1.29, 1.82) is 0 Å². The van der Waals surface area contributed by atoms with Crippen LogP contribution in [0.3, 0.4) is 0 Å². The van der Waals surface area contributed by atoms with Crippen LogP contribution in [-0.2, 0) is 6.42 Å². The van der Waals surface area contributed by atoms with Gasteiger partial charge in [-0.25, -0.2) is 13.2 Å². The van der Waals surface area contributed by atoms with Gasteiger partial charge in [-0.3, -0.25) is 0 Å². The van der Waals surface area contributed by atoms with Crippen molar-refractivity contribution in [2.75, 3.05) is 7.11 Å². The van der Waals surface area contributed by atoms with Crippen molar-refractivity contribution in [3.63, 3.8) is 0 Å². The molecule has 0 bridgehead atoms. The molecule has 0 amide bonds. The van der Waals surface area contributed by atoms with Crippen LogP contribution in [0.2, 0.25) is 0 Å². The molecule has 0 fully saturated rings. The van der Waals surface area contributed by atoms with Crippen molar-refractivity contribution in [2.45, 2.75) is 12.5 Å². The Morgan fingerprint density at radius 1 is 1.05 bits per heavy atom. The second-order valence-corrected chi connectivity index (χ2v) is 4.45. The van der Waals surface area contributed by atoms with E-state index in [1.807, 2.05) is 0 Å². The first kappa shape index (κ1) is 14.4. The highest BCUT2D eigenvalue weighted by atomic mass is 19.1. The number of ether oxygens (including phenoxy) is 1. The molecule has 0 aliphatic rings. The average molecular weight is 281 g/mol. The first-order valence-corrected chi connectivity index (χ1v) is 6.04. The molecule has 0 heterocycles. The monoisotopic (exact) mass is 281 g/mol. The second kappa shape index (κ2) is 5.96. The predicted octanol–water partition coefficient (Wildman–Crippen LogP) is 3.36. The molecule has 0 aliphatic heterocycles. The number of rotatable bonds is 4. The fourth-order valence-electron chi connectivity index (χ4n) is 2.00. The molecule has 0 saturated carbocycles. The van der Waals surface area contributed by atoms with Crippen molar-refractivity contribution in [3.05, 3.63) is 65.0 Å². The molecule has 2 aromatic carbocycles. The molecule has 2 nitrogen and oxygen atoms in total. The van der Waals surface area contributed by atoms with E-state index in [9.17, 15) is 13.2 Å². The first-order valence-electron chi connectivity index (χ1n) is 6.04. The number of hydrogen-bond donors (Lipinski definition) is 1. The third-order valence-electron chi connectivity index (χ3n) is 3.03. The molecule has 0 aliphatic carbocycles. The summed E-state index contributed by atoms with van der Waals surface area (Å²) in [5, 5.41) is 0. The molecule has 1 unspecified atom stereocenters. The smallest absolute Gasteiger partial charge is 0.165 e. The fraction of sp³-hybridized carbons (Fsp3) is 0.200. The van der Waals surface area contributed by atoms with Crippen molar-refractivity contribution in [1.82, 2.24) is 0 Å². The average Bonchev–Trinajstić information content (AvgIpc) is 2.38. The van der Waals surface area contributed by atoms with E-state index in [2.05, 4.69) is 0 Å². The van der Waals surface area contributed by atoms with Crippen LogP contribution in [0.25, 0.3) is 0 Å². The van der Waals surface area contributed by atoms with Gasteiger partial charge in [-0.05, 0) is 30.2 Å². The van der Waals surface area contributed by atoms with Crippen LogP contribution in [0.15, 0.2) is 36.4 Å². The summed E-state index contributed by atoms with van der Waals surface area (Å²) in [5.74, 6) is -1.73. The van der Waals surface area contributed by atoms with Gasteiger partial charge >= 0.3 is 0 Å². The lowest BCUT2D eigenvalue weighted by Gasteiger charge is -2.13.